The fraction of sp³-hybridized carbons (Fsp3) is 0.273. The summed E-state index contributed by atoms with van der Waals surface area (Å²) < 4.78 is 52.1. The lowest BCUT2D eigenvalue weighted by atomic mass is 9.86. The molecule has 1 unspecified atom stereocenters. The van der Waals surface area contributed by atoms with Gasteiger partial charge >= 0.3 is 12.1 Å². The Morgan fingerprint density at radius 2 is 2.12 bits per heavy atom. The lowest BCUT2D eigenvalue weighted by molar-refractivity contribution is -0.157. The topological polar surface area (TPSA) is 88.5 Å². The number of nitrogens with zero attached hydrogens (tertiary/aromatic N) is 1. The first-order valence-corrected chi connectivity index (χ1v) is 10.2. The fourth-order valence-electron chi connectivity index (χ4n) is 3.71. The molecule has 0 saturated carbocycles. The van der Waals surface area contributed by atoms with Gasteiger partial charge in [-0.2, -0.15) is 13.2 Å². The molecule has 0 fully saturated rings. The monoisotopic (exact) mass is 466 g/mol. The van der Waals surface area contributed by atoms with Crippen LogP contribution >= 0.6 is 11.6 Å². The summed E-state index contributed by atoms with van der Waals surface area (Å²) in [5, 5.41) is 16.1. The Balaban J connectivity index is 1.72. The number of furan rings is 1. The third-order valence-electron chi connectivity index (χ3n) is 5.34. The Bertz CT molecular complexity index is 1140. The number of aromatic nitrogens is 1. The second-order valence-electron chi connectivity index (χ2n) is 7.35. The van der Waals surface area contributed by atoms with Crippen LogP contribution in [0, 0.1) is 5.92 Å². The van der Waals surface area contributed by atoms with Crippen LogP contribution in [0.25, 0.3) is 17.1 Å². The van der Waals surface area contributed by atoms with Crippen molar-refractivity contribution in [3.05, 3.63) is 70.3 Å². The molecular formula is C22H18ClF3N2O4. The first kappa shape index (κ1) is 22.0. The van der Waals surface area contributed by atoms with Crippen LogP contribution in [0.5, 0.6) is 0 Å². The van der Waals surface area contributed by atoms with Crippen LogP contribution in [0.15, 0.2) is 67.9 Å². The summed E-state index contributed by atoms with van der Waals surface area (Å²) in [5.74, 6) is -2.28. The van der Waals surface area contributed by atoms with Gasteiger partial charge in [0.25, 0.3) is 0 Å². The molecule has 1 atom stereocenters. The molecule has 32 heavy (non-hydrogen) atoms. The van der Waals surface area contributed by atoms with E-state index in [0.717, 1.165) is 5.70 Å². The maximum absolute atomic E-state index is 13.8. The van der Waals surface area contributed by atoms with Crippen LogP contribution in [-0.2, 0) is 11.3 Å². The van der Waals surface area contributed by atoms with Crippen LogP contribution in [0.4, 0.5) is 13.2 Å². The normalized spacial score (nSPS) is 19.1. The van der Waals surface area contributed by atoms with Crippen LogP contribution < -0.4 is 5.32 Å². The summed E-state index contributed by atoms with van der Waals surface area (Å²) in [6.07, 6.45) is 3.40. The number of carbonyl (C=O) groups is 1. The van der Waals surface area contributed by atoms with Crippen LogP contribution in [0.2, 0.25) is 0 Å². The zero-order chi connectivity index (χ0) is 22.9. The summed E-state index contributed by atoms with van der Waals surface area (Å²) in [7, 11) is 0. The lowest BCUT2D eigenvalue weighted by Gasteiger charge is -2.25. The van der Waals surface area contributed by atoms with E-state index < -0.39 is 18.1 Å². The third kappa shape index (κ3) is 4.38. The zero-order valence-corrected chi connectivity index (χ0v) is 17.3. The molecule has 2 aliphatic rings. The summed E-state index contributed by atoms with van der Waals surface area (Å²) in [6.45, 7) is 0.0822. The van der Waals surface area contributed by atoms with Gasteiger partial charge in [-0.25, -0.2) is 4.79 Å². The molecule has 0 saturated heterocycles. The Kier molecular flexibility index (Phi) is 6.01. The zero-order valence-electron chi connectivity index (χ0n) is 16.6. The molecule has 2 heterocycles. The van der Waals surface area contributed by atoms with Gasteiger partial charge in [0, 0.05) is 34.0 Å². The molecule has 2 aromatic rings. The number of alkyl halides is 3. The van der Waals surface area contributed by atoms with Crippen LogP contribution in [0.3, 0.4) is 0 Å². The first-order valence-electron chi connectivity index (χ1n) is 9.78. The predicted molar refractivity (Wildman–Crippen MR) is 110 cm³/mol. The molecule has 0 aliphatic heterocycles. The number of halogens is 4. The average Bonchev–Trinajstić information content (AvgIpc) is 3.41. The highest BCUT2D eigenvalue weighted by atomic mass is 35.5. The summed E-state index contributed by atoms with van der Waals surface area (Å²) in [6, 6.07) is 3.25. The Morgan fingerprint density at radius 1 is 1.31 bits per heavy atom. The van der Waals surface area contributed by atoms with Crippen molar-refractivity contribution < 1.29 is 32.0 Å². The number of hydrogen-bond donors (Lipinski definition) is 2. The minimum atomic E-state index is -4.52. The molecule has 0 spiro atoms. The van der Waals surface area contributed by atoms with E-state index >= 15 is 0 Å². The number of nitrogens with one attached hydrogen (secondary N) is 1. The lowest BCUT2D eigenvalue weighted by Crippen LogP contribution is -2.26. The molecular weight excluding hydrogens is 449 g/mol. The Hall–Kier alpha value is -3.20. The maximum atomic E-state index is 13.8. The van der Waals surface area contributed by atoms with Gasteiger partial charge in [0.1, 0.15) is 5.69 Å². The van der Waals surface area contributed by atoms with E-state index in [2.05, 4.69) is 10.5 Å². The van der Waals surface area contributed by atoms with Gasteiger partial charge in [-0.15, -0.1) is 0 Å². The van der Waals surface area contributed by atoms with Gasteiger partial charge in [0.15, 0.2) is 5.76 Å². The number of carboxylic acids is 1. The maximum Gasteiger partial charge on any atom is 0.396 e. The number of aliphatic carboxylic acids is 1. The first-order chi connectivity index (χ1) is 15.3. The molecule has 0 amide bonds. The molecule has 0 aromatic carbocycles. The second kappa shape index (κ2) is 8.74. The largest absolute Gasteiger partial charge is 0.478 e. The van der Waals surface area contributed by atoms with Crippen molar-refractivity contribution in [2.45, 2.75) is 32.0 Å². The van der Waals surface area contributed by atoms with Crippen molar-refractivity contribution in [1.29, 1.82) is 0 Å². The van der Waals surface area contributed by atoms with Crippen molar-refractivity contribution in [2.24, 2.45) is 5.92 Å². The van der Waals surface area contributed by atoms with Crippen LogP contribution in [-0.4, -0.2) is 22.4 Å². The second-order valence-corrected chi connectivity index (χ2v) is 7.76. The predicted octanol–water partition coefficient (Wildman–Crippen LogP) is 5.80. The minimum Gasteiger partial charge on any atom is -0.478 e. The van der Waals surface area contributed by atoms with E-state index in [1.54, 1.807) is 18.2 Å². The summed E-state index contributed by atoms with van der Waals surface area (Å²) in [5.41, 5.74) is 1.26. The van der Waals surface area contributed by atoms with Crippen molar-refractivity contribution >= 4 is 23.1 Å². The number of allylic oxidation sites excluding steroid dienone is 7. The van der Waals surface area contributed by atoms with Crippen molar-refractivity contribution in [2.75, 3.05) is 0 Å². The van der Waals surface area contributed by atoms with Gasteiger partial charge in [-0.1, -0.05) is 28.9 Å². The molecule has 0 radical (unpaired) electrons. The van der Waals surface area contributed by atoms with Gasteiger partial charge in [0.05, 0.1) is 12.2 Å². The van der Waals surface area contributed by atoms with E-state index in [9.17, 15) is 18.0 Å². The molecule has 0 bridgehead atoms. The molecule has 168 valence electrons. The van der Waals surface area contributed by atoms with Gasteiger partial charge < -0.3 is 19.4 Å². The molecule has 4 rings (SSSR count). The van der Waals surface area contributed by atoms with Crippen molar-refractivity contribution in [3.8, 4) is 11.5 Å². The van der Waals surface area contributed by atoms with E-state index in [1.165, 1.54) is 24.5 Å². The molecule has 10 heteroatoms. The van der Waals surface area contributed by atoms with Gasteiger partial charge in [-0.05, 0) is 43.5 Å². The highest BCUT2D eigenvalue weighted by Gasteiger charge is 2.45. The third-order valence-corrected chi connectivity index (χ3v) is 5.67. The standard InChI is InChI=1S/C22H18ClF3N2O4/c23-16-4-1-3-15(22(24,25)26)18(16)19-14(20(32-28-19)17-5-2-10-31-17)11-27-13-8-6-12(7-9-13)21(29)30/h1-2,4-6,8,10,15,27H,3,7,9,11H2,(H,29,30). The molecule has 6 nitrogen and oxygen atoms in total. The number of rotatable bonds is 6. The summed E-state index contributed by atoms with van der Waals surface area (Å²) >= 11 is 6.21. The minimum absolute atomic E-state index is 0.0127. The Labute approximate surface area is 185 Å². The van der Waals surface area contributed by atoms with Crippen molar-refractivity contribution in [3.63, 3.8) is 0 Å². The SMILES string of the molecule is O=C(O)C1=CC=C(NCc2c(C3=C(Cl)C=CCC3C(F)(F)F)noc2-c2ccco2)CC1. The quantitative estimate of drug-likeness (QED) is 0.559. The van der Waals surface area contributed by atoms with E-state index in [0.29, 0.717) is 24.2 Å². The fourth-order valence-corrected chi connectivity index (χ4v) is 4.02. The van der Waals surface area contributed by atoms with E-state index in [1.807, 2.05) is 0 Å². The number of carboxylic acid groups (broad SMARTS) is 1. The smallest absolute Gasteiger partial charge is 0.396 e. The highest BCUT2D eigenvalue weighted by Crippen LogP contribution is 2.46. The Morgan fingerprint density at radius 3 is 2.75 bits per heavy atom. The average molecular weight is 467 g/mol. The van der Waals surface area contributed by atoms with Gasteiger partial charge in [-0.3, -0.25) is 0 Å². The summed E-state index contributed by atoms with van der Waals surface area (Å²) in [4.78, 5) is 11.1. The van der Waals surface area contributed by atoms with E-state index in [4.69, 9.17) is 25.6 Å². The molecule has 2 N–H and O–H groups in total. The van der Waals surface area contributed by atoms with Crippen LogP contribution in [0.1, 0.15) is 30.5 Å². The molecule has 2 aliphatic carbocycles. The van der Waals surface area contributed by atoms with E-state index in [-0.39, 0.29) is 40.6 Å². The molecule has 2 aromatic heterocycles. The number of hydrogen-bond acceptors (Lipinski definition) is 5. The van der Waals surface area contributed by atoms with Gasteiger partial charge in [0.2, 0.25) is 5.76 Å². The highest BCUT2D eigenvalue weighted by molar-refractivity contribution is 6.34. The van der Waals surface area contributed by atoms with Crippen molar-refractivity contribution in [1.82, 2.24) is 10.5 Å².